The van der Waals surface area contributed by atoms with Gasteiger partial charge >= 0.3 is 0 Å². The molecule has 2 rings (SSSR count). The van der Waals surface area contributed by atoms with E-state index in [1.807, 2.05) is 6.92 Å². The number of nitrogens with two attached hydrogens (primary N) is 1. The molecule has 20 heavy (non-hydrogen) atoms. The predicted octanol–water partition coefficient (Wildman–Crippen LogP) is 1.64. The quantitative estimate of drug-likeness (QED) is 0.857. The van der Waals surface area contributed by atoms with Crippen LogP contribution in [0.1, 0.15) is 45.9 Å². The van der Waals surface area contributed by atoms with E-state index < -0.39 is 5.60 Å². The number of aromatic nitrogens is 3. The van der Waals surface area contributed by atoms with Gasteiger partial charge in [-0.3, -0.25) is 5.10 Å². The number of methoxy groups -OCH3 is 1. The molecular formula is C14H27N5O. The van der Waals surface area contributed by atoms with Crippen LogP contribution < -0.4 is 10.6 Å². The summed E-state index contributed by atoms with van der Waals surface area (Å²) in [5.41, 5.74) is 5.66. The highest BCUT2D eigenvalue weighted by Gasteiger charge is 2.33. The average Bonchev–Trinajstić information content (AvgIpc) is 2.97. The lowest BCUT2D eigenvalue weighted by Gasteiger charge is -2.39. The summed E-state index contributed by atoms with van der Waals surface area (Å²) >= 11 is 0. The topological polar surface area (TPSA) is 80.1 Å². The van der Waals surface area contributed by atoms with E-state index in [-0.39, 0.29) is 5.41 Å². The summed E-state index contributed by atoms with van der Waals surface area (Å²) in [7, 11) is 1.71. The van der Waals surface area contributed by atoms with Crippen LogP contribution in [0.15, 0.2) is 0 Å². The Morgan fingerprint density at radius 1 is 1.55 bits per heavy atom. The van der Waals surface area contributed by atoms with Gasteiger partial charge in [-0.05, 0) is 38.1 Å². The Hall–Kier alpha value is -1.14. The van der Waals surface area contributed by atoms with E-state index in [0.717, 1.165) is 37.7 Å². The fraction of sp³-hybridized carbons (Fsp3) is 0.857. The van der Waals surface area contributed by atoms with Gasteiger partial charge in [-0.1, -0.05) is 13.8 Å². The average molecular weight is 281 g/mol. The molecule has 1 aliphatic rings. The predicted molar refractivity (Wildman–Crippen MR) is 79.6 cm³/mol. The number of H-pyrrole nitrogens is 1. The molecule has 0 amide bonds. The number of ether oxygens (including phenoxy) is 1. The normalized spacial score (nSPS) is 26.6. The summed E-state index contributed by atoms with van der Waals surface area (Å²) in [5.74, 6) is 1.55. The van der Waals surface area contributed by atoms with Crippen LogP contribution in [0, 0.1) is 5.41 Å². The van der Waals surface area contributed by atoms with E-state index in [2.05, 4.69) is 33.9 Å². The minimum Gasteiger partial charge on any atom is -0.371 e. The number of aromatic amines is 1. The molecule has 0 bridgehead atoms. The largest absolute Gasteiger partial charge is 0.371 e. The van der Waals surface area contributed by atoms with Crippen molar-refractivity contribution in [2.75, 3.05) is 31.6 Å². The van der Waals surface area contributed by atoms with Gasteiger partial charge in [0.1, 0.15) is 5.60 Å². The molecule has 0 radical (unpaired) electrons. The third kappa shape index (κ3) is 2.81. The van der Waals surface area contributed by atoms with Crippen LogP contribution in [0.5, 0.6) is 0 Å². The van der Waals surface area contributed by atoms with Crippen molar-refractivity contribution in [3.63, 3.8) is 0 Å². The van der Waals surface area contributed by atoms with Gasteiger partial charge in [-0.2, -0.15) is 4.98 Å². The number of rotatable bonds is 5. The monoisotopic (exact) mass is 281 g/mol. The molecule has 3 N–H and O–H groups in total. The molecule has 1 fully saturated rings. The first-order valence-electron chi connectivity index (χ1n) is 7.39. The highest BCUT2D eigenvalue weighted by Crippen LogP contribution is 2.31. The van der Waals surface area contributed by atoms with Gasteiger partial charge in [0.05, 0.1) is 0 Å². The van der Waals surface area contributed by atoms with Crippen molar-refractivity contribution in [3.05, 3.63) is 5.82 Å². The zero-order chi connectivity index (χ0) is 14.8. The number of anilines is 1. The second-order valence-electron chi connectivity index (χ2n) is 6.31. The molecule has 1 aromatic heterocycles. The van der Waals surface area contributed by atoms with Crippen molar-refractivity contribution in [1.29, 1.82) is 0 Å². The van der Waals surface area contributed by atoms with Gasteiger partial charge in [-0.15, -0.1) is 5.10 Å². The maximum atomic E-state index is 5.90. The van der Waals surface area contributed by atoms with E-state index >= 15 is 0 Å². The van der Waals surface area contributed by atoms with Gasteiger partial charge < -0.3 is 15.4 Å². The van der Waals surface area contributed by atoms with Crippen LogP contribution in [0.25, 0.3) is 0 Å². The first-order valence-corrected chi connectivity index (χ1v) is 7.39. The zero-order valence-electron chi connectivity index (χ0n) is 13.1. The van der Waals surface area contributed by atoms with Crippen molar-refractivity contribution < 1.29 is 4.74 Å². The molecule has 114 valence electrons. The molecule has 1 aliphatic heterocycles. The summed E-state index contributed by atoms with van der Waals surface area (Å²) in [6.45, 7) is 8.94. The van der Waals surface area contributed by atoms with Gasteiger partial charge in [0, 0.05) is 20.2 Å². The highest BCUT2D eigenvalue weighted by atomic mass is 16.5. The Kier molecular flexibility index (Phi) is 4.34. The summed E-state index contributed by atoms with van der Waals surface area (Å²) in [6.07, 6.45) is 3.15. The Balaban J connectivity index is 2.16. The van der Waals surface area contributed by atoms with E-state index in [1.54, 1.807) is 7.11 Å². The van der Waals surface area contributed by atoms with Crippen LogP contribution >= 0.6 is 0 Å². The Morgan fingerprint density at radius 2 is 2.30 bits per heavy atom. The van der Waals surface area contributed by atoms with Crippen molar-refractivity contribution in [2.45, 2.75) is 45.6 Å². The van der Waals surface area contributed by atoms with E-state index in [0.29, 0.717) is 6.54 Å². The van der Waals surface area contributed by atoms with Crippen molar-refractivity contribution in [1.82, 2.24) is 15.2 Å². The summed E-state index contributed by atoms with van der Waals surface area (Å²) in [6, 6.07) is 0. The van der Waals surface area contributed by atoms with Gasteiger partial charge in [0.15, 0.2) is 5.82 Å². The maximum Gasteiger partial charge on any atom is 0.244 e. The van der Waals surface area contributed by atoms with Crippen LogP contribution in [-0.2, 0) is 10.3 Å². The van der Waals surface area contributed by atoms with Crippen molar-refractivity contribution >= 4 is 5.95 Å². The highest BCUT2D eigenvalue weighted by molar-refractivity contribution is 5.31. The third-order valence-electron chi connectivity index (χ3n) is 4.66. The molecule has 1 aromatic rings. The number of nitrogens with zero attached hydrogens (tertiary/aromatic N) is 3. The van der Waals surface area contributed by atoms with Crippen molar-refractivity contribution in [2.24, 2.45) is 11.1 Å². The standard InChI is InChI=1S/C14H27N5O/c1-5-14(3,20-4)11-16-12(18-17-11)19-8-6-7-13(2,9-15)10-19/h5-10,15H2,1-4H3,(H,16,17,18). The molecule has 0 saturated carbocycles. The molecule has 0 aliphatic carbocycles. The molecule has 0 spiro atoms. The van der Waals surface area contributed by atoms with Crippen LogP contribution in [-0.4, -0.2) is 41.9 Å². The second-order valence-corrected chi connectivity index (χ2v) is 6.31. The molecule has 1 saturated heterocycles. The lowest BCUT2D eigenvalue weighted by molar-refractivity contribution is -0.00865. The molecule has 2 heterocycles. The summed E-state index contributed by atoms with van der Waals surface area (Å²) < 4.78 is 5.56. The lowest BCUT2D eigenvalue weighted by atomic mass is 9.82. The number of nitrogens with one attached hydrogen (secondary N) is 1. The van der Waals surface area contributed by atoms with E-state index in [1.165, 1.54) is 6.42 Å². The fourth-order valence-electron chi connectivity index (χ4n) is 2.69. The fourth-order valence-corrected chi connectivity index (χ4v) is 2.69. The minimum absolute atomic E-state index is 0.161. The van der Waals surface area contributed by atoms with Gasteiger partial charge in [0.25, 0.3) is 0 Å². The summed E-state index contributed by atoms with van der Waals surface area (Å²) in [5, 5.41) is 7.40. The SMILES string of the molecule is CCC(C)(OC)c1nc(N2CCCC(C)(CN)C2)n[nH]1. The second kappa shape index (κ2) is 5.69. The Labute approximate surface area is 121 Å². The maximum absolute atomic E-state index is 5.90. The number of hydrogen-bond donors (Lipinski definition) is 2. The molecule has 2 unspecified atom stereocenters. The molecule has 6 nitrogen and oxygen atoms in total. The first kappa shape index (κ1) is 15.3. The minimum atomic E-state index is -0.405. The van der Waals surface area contributed by atoms with E-state index in [9.17, 15) is 0 Å². The molecule has 2 atom stereocenters. The number of piperidine rings is 1. The van der Waals surface area contributed by atoms with Crippen LogP contribution in [0.2, 0.25) is 0 Å². The lowest BCUT2D eigenvalue weighted by Crippen LogP contribution is -2.46. The van der Waals surface area contributed by atoms with Crippen molar-refractivity contribution in [3.8, 4) is 0 Å². The first-order chi connectivity index (χ1) is 9.46. The smallest absolute Gasteiger partial charge is 0.244 e. The van der Waals surface area contributed by atoms with Gasteiger partial charge in [0.2, 0.25) is 5.95 Å². The van der Waals surface area contributed by atoms with Crippen LogP contribution in [0.4, 0.5) is 5.95 Å². The summed E-state index contributed by atoms with van der Waals surface area (Å²) in [4.78, 5) is 6.87. The Morgan fingerprint density at radius 3 is 2.90 bits per heavy atom. The number of hydrogen-bond acceptors (Lipinski definition) is 5. The molecule has 0 aromatic carbocycles. The third-order valence-corrected chi connectivity index (χ3v) is 4.66. The van der Waals surface area contributed by atoms with E-state index in [4.69, 9.17) is 10.5 Å². The Bertz CT molecular complexity index is 443. The van der Waals surface area contributed by atoms with Crippen LogP contribution in [0.3, 0.4) is 0 Å². The molecular weight excluding hydrogens is 254 g/mol. The zero-order valence-corrected chi connectivity index (χ0v) is 13.1. The molecule has 6 heteroatoms. The van der Waals surface area contributed by atoms with Gasteiger partial charge in [-0.25, -0.2) is 0 Å².